The number of hydrogen-bond donors (Lipinski definition) is 0. The summed E-state index contributed by atoms with van der Waals surface area (Å²) in [4.78, 5) is 3.55. The van der Waals surface area contributed by atoms with Crippen LogP contribution in [-0.2, 0) is 6.54 Å². The Hall–Kier alpha value is -0.470. The van der Waals surface area contributed by atoms with Gasteiger partial charge in [-0.05, 0) is 31.8 Å². The molecule has 0 spiro atoms. The molecule has 1 aromatic carbocycles. The number of hydrogen-bond acceptors (Lipinski definition) is 2. The van der Waals surface area contributed by atoms with Crippen molar-refractivity contribution in [3.05, 3.63) is 29.8 Å². The van der Waals surface area contributed by atoms with Crippen LogP contribution in [0.2, 0.25) is 0 Å². The van der Waals surface area contributed by atoms with Crippen LogP contribution in [0.4, 0.5) is 0 Å². The molecule has 1 aromatic rings. The van der Waals surface area contributed by atoms with E-state index < -0.39 is 0 Å². The molecular formula is C12H19NS. The summed E-state index contributed by atoms with van der Waals surface area (Å²) in [5.74, 6) is 0. The van der Waals surface area contributed by atoms with Crippen LogP contribution in [0.3, 0.4) is 0 Å². The fourth-order valence-corrected chi connectivity index (χ4v) is 2.15. The van der Waals surface area contributed by atoms with E-state index in [0.717, 1.165) is 6.54 Å². The van der Waals surface area contributed by atoms with E-state index in [1.54, 1.807) is 0 Å². The smallest absolute Gasteiger partial charge is 0.0227 e. The van der Waals surface area contributed by atoms with E-state index in [9.17, 15) is 0 Å². The Labute approximate surface area is 91.5 Å². The van der Waals surface area contributed by atoms with Crippen molar-refractivity contribution in [2.45, 2.75) is 30.5 Å². The summed E-state index contributed by atoms with van der Waals surface area (Å²) in [6.07, 6.45) is 0. The number of rotatable bonds is 4. The highest BCUT2D eigenvalue weighted by Gasteiger charge is 1.99. The van der Waals surface area contributed by atoms with Crippen LogP contribution in [0.5, 0.6) is 0 Å². The predicted molar refractivity (Wildman–Crippen MR) is 64.8 cm³/mol. The van der Waals surface area contributed by atoms with Crippen molar-refractivity contribution >= 4 is 11.8 Å². The zero-order chi connectivity index (χ0) is 10.6. The molecule has 0 aliphatic carbocycles. The molecule has 1 nitrogen and oxygen atoms in total. The lowest BCUT2D eigenvalue weighted by Crippen LogP contribution is -2.10. The minimum Gasteiger partial charge on any atom is -0.305 e. The lowest BCUT2D eigenvalue weighted by Gasteiger charge is -2.10. The second-order valence-electron chi connectivity index (χ2n) is 4.05. The Morgan fingerprint density at radius 3 is 2.14 bits per heavy atom. The molecule has 0 aliphatic rings. The molecule has 0 N–H and O–H groups in total. The summed E-state index contributed by atoms with van der Waals surface area (Å²) < 4.78 is 0. The van der Waals surface area contributed by atoms with E-state index in [4.69, 9.17) is 0 Å². The van der Waals surface area contributed by atoms with Crippen LogP contribution in [0.1, 0.15) is 19.4 Å². The minimum atomic E-state index is 0.662. The summed E-state index contributed by atoms with van der Waals surface area (Å²) in [6.45, 7) is 5.46. The van der Waals surface area contributed by atoms with Gasteiger partial charge in [0.05, 0.1) is 0 Å². The molecule has 1 rings (SSSR count). The fourth-order valence-electron chi connectivity index (χ4n) is 1.31. The van der Waals surface area contributed by atoms with Gasteiger partial charge in [0.25, 0.3) is 0 Å². The first kappa shape index (κ1) is 11.6. The second kappa shape index (κ2) is 5.42. The predicted octanol–water partition coefficient (Wildman–Crippen LogP) is 3.25. The molecule has 0 saturated heterocycles. The van der Waals surface area contributed by atoms with Crippen molar-refractivity contribution in [2.75, 3.05) is 14.1 Å². The van der Waals surface area contributed by atoms with Crippen LogP contribution >= 0.6 is 11.8 Å². The summed E-state index contributed by atoms with van der Waals surface area (Å²) in [7, 11) is 4.19. The fraction of sp³-hybridized carbons (Fsp3) is 0.500. The number of nitrogens with zero attached hydrogens (tertiary/aromatic N) is 1. The maximum absolute atomic E-state index is 2.22. The Morgan fingerprint density at radius 1 is 1.14 bits per heavy atom. The van der Waals surface area contributed by atoms with E-state index in [0.29, 0.717) is 5.25 Å². The van der Waals surface area contributed by atoms with Gasteiger partial charge in [-0.3, -0.25) is 0 Å². The highest BCUT2D eigenvalue weighted by Crippen LogP contribution is 2.22. The normalized spacial score (nSPS) is 11.3. The Kier molecular flexibility index (Phi) is 4.49. The Balaban J connectivity index is 2.59. The molecule has 0 bridgehead atoms. The minimum absolute atomic E-state index is 0.662. The standard InChI is InChI=1S/C12H19NS/c1-10(2)14-12-7-5-11(6-8-12)9-13(3)4/h5-8,10H,9H2,1-4H3. The summed E-state index contributed by atoms with van der Waals surface area (Å²) >= 11 is 1.91. The van der Waals surface area contributed by atoms with Crippen LogP contribution in [-0.4, -0.2) is 24.2 Å². The van der Waals surface area contributed by atoms with Gasteiger partial charge < -0.3 is 4.90 Å². The summed E-state index contributed by atoms with van der Waals surface area (Å²) in [6, 6.07) is 8.85. The largest absolute Gasteiger partial charge is 0.305 e. The van der Waals surface area contributed by atoms with Crippen LogP contribution in [0.25, 0.3) is 0 Å². The lowest BCUT2D eigenvalue weighted by molar-refractivity contribution is 0.402. The van der Waals surface area contributed by atoms with Gasteiger partial charge in [-0.15, -0.1) is 11.8 Å². The SMILES string of the molecule is CC(C)Sc1ccc(CN(C)C)cc1. The van der Waals surface area contributed by atoms with E-state index >= 15 is 0 Å². The molecular weight excluding hydrogens is 190 g/mol. The first-order valence-corrected chi connectivity index (χ1v) is 5.86. The van der Waals surface area contributed by atoms with Crippen LogP contribution in [0.15, 0.2) is 29.2 Å². The zero-order valence-electron chi connectivity index (χ0n) is 9.45. The van der Waals surface area contributed by atoms with Gasteiger partial charge in [0.1, 0.15) is 0 Å². The van der Waals surface area contributed by atoms with E-state index in [-0.39, 0.29) is 0 Å². The Bertz CT molecular complexity index is 235. The first-order valence-electron chi connectivity index (χ1n) is 4.98. The number of thioether (sulfide) groups is 1. The highest BCUT2D eigenvalue weighted by molar-refractivity contribution is 7.99. The molecule has 0 aliphatic heterocycles. The quantitative estimate of drug-likeness (QED) is 0.700. The molecule has 0 amide bonds. The molecule has 14 heavy (non-hydrogen) atoms. The molecule has 0 radical (unpaired) electrons. The van der Waals surface area contributed by atoms with Crippen LogP contribution in [0, 0.1) is 0 Å². The van der Waals surface area contributed by atoms with E-state index in [2.05, 4.69) is 57.1 Å². The third-order valence-electron chi connectivity index (χ3n) is 1.79. The Morgan fingerprint density at radius 2 is 1.71 bits per heavy atom. The molecule has 0 heterocycles. The summed E-state index contributed by atoms with van der Waals surface area (Å²) in [5.41, 5.74) is 1.38. The topological polar surface area (TPSA) is 3.24 Å². The molecule has 0 fully saturated rings. The van der Waals surface area contributed by atoms with Gasteiger partial charge in [0.2, 0.25) is 0 Å². The lowest BCUT2D eigenvalue weighted by atomic mass is 10.2. The van der Waals surface area contributed by atoms with Crippen molar-refractivity contribution in [1.29, 1.82) is 0 Å². The van der Waals surface area contributed by atoms with E-state index in [1.807, 2.05) is 11.8 Å². The molecule has 0 unspecified atom stereocenters. The van der Waals surface area contributed by atoms with Gasteiger partial charge in [-0.2, -0.15) is 0 Å². The third kappa shape index (κ3) is 4.16. The first-order chi connectivity index (χ1) is 6.58. The summed E-state index contributed by atoms with van der Waals surface area (Å²) in [5, 5.41) is 0.662. The van der Waals surface area contributed by atoms with Crippen molar-refractivity contribution in [2.24, 2.45) is 0 Å². The van der Waals surface area contributed by atoms with Crippen molar-refractivity contribution in [3.8, 4) is 0 Å². The van der Waals surface area contributed by atoms with Gasteiger partial charge in [0.15, 0.2) is 0 Å². The third-order valence-corrected chi connectivity index (χ3v) is 2.81. The van der Waals surface area contributed by atoms with Gasteiger partial charge in [0, 0.05) is 16.7 Å². The zero-order valence-corrected chi connectivity index (χ0v) is 10.3. The molecule has 0 aromatic heterocycles. The molecule has 0 saturated carbocycles. The van der Waals surface area contributed by atoms with Gasteiger partial charge in [-0.1, -0.05) is 26.0 Å². The average Bonchev–Trinajstić information content (AvgIpc) is 2.06. The van der Waals surface area contributed by atoms with Gasteiger partial charge in [-0.25, -0.2) is 0 Å². The van der Waals surface area contributed by atoms with Crippen molar-refractivity contribution < 1.29 is 0 Å². The molecule has 0 atom stereocenters. The molecule has 2 heteroatoms. The van der Waals surface area contributed by atoms with Crippen molar-refractivity contribution in [1.82, 2.24) is 4.90 Å². The monoisotopic (exact) mass is 209 g/mol. The van der Waals surface area contributed by atoms with Gasteiger partial charge >= 0.3 is 0 Å². The van der Waals surface area contributed by atoms with Crippen molar-refractivity contribution in [3.63, 3.8) is 0 Å². The highest BCUT2D eigenvalue weighted by atomic mass is 32.2. The maximum Gasteiger partial charge on any atom is 0.0227 e. The number of benzene rings is 1. The maximum atomic E-state index is 2.22. The molecule has 78 valence electrons. The second-order valence-corrected chi connectivity index (χ2v) is 5.70. The van der Waals surface area contributed by atoms with Crippen LogP contribution < -0.4 is 0 Å². The van der Waals surface area contributed by atoms with E-state index in [1.165, 1.54) is 10.5 Å². The average molecular weight is 209 g/mol.